The van der Waals surface area contributed by atoms with Gasteiger partial charge in [0.15, 0.2) is 0 Å². The van der Waals surface area contributed by atoms with Crippen molar-refractivity contribution in [3.8, 4) is 0 Å². The van der Waals surface area contributed by atoms with Crippen molar-refractivity contribution in [1.82, 2.24) is 4.90 Å². The SMILES string of the molecule is Cc1ccc(C2(CCN3CCOCC3)CCCC2)cc1. The molecule has 0 N–H and O–H groups in total. The summed E-state index contributed by atoms with van der Waals surface area (Å²) in [6, 6.07) is 9.31. The molecule has 0 bridgehead atoms. The molecule has 0 radical (unpaired) electrons. The lowest BCUT2D eigenvalue weighted by Crippen LogP contribution is -2.39. The first-order chi connectivity index (χ1) is 9.78. The average Bonchev–Trinajstić information content (AvgIpc) is 2.97. The molecule has 1 saturated carbocycles. The molecule has 110 valence electrons. The summed E-state index contributed by atoms with van der Waals surface area (Å²) in [6.07, 6.45) is 6.87. The van der Waals surface area contributed by atoms with E-state index in [2.05, 4.69) is 36.1 Å². The van der Waals surface area contributed by atoms with Gasteiger partial charge in [0.1, 0.15) is 0 Å². The molecular formula is C18H27NO. The fraction of sp³-hybridized carbons (Fsp3) is 0.667. The van der Waals surface area contributed by atoms with Crippen LogP contribution in [0.2, 0.25) is 0 Å². The van der Waals surface area contributed by atoms with E-state index in [0.29, 0.717) is 5.41 Å². The lowest BCUT2D eigenvalue weighted by Gasteiger charge is -2.34. The first-order valence-electron chi connectivity index (χ1n) is 8.16. The molecule has 2 nitrogen and oxygen atoms in total. The minimum absolute atomic E-state index is 0.450. The molecule has 0 spiro atoms. The molecule has 0 amide bonds. The second kappa shape index (κ2) is 6.28. The summed E-state index contributed by atoms with van der Waals surface area (Å²) in [5.41, 5.74) is 3.40. The van der Waals surface area contributed by atoms with Crippen molar-refractivity contribution in [3.63, 3.8) is 0 Å². The van der Waals surface area contributed by atoms with Gasteiger partial charge in [-0.05, 0) is 43.7 Å². The maximum absolute atomic E-state index is 5.45. The quantitative estimate of drug-likeness (QED) is 0.832. The van der Waals surface area contributed by atoms with Gasteiger partial charge in [-0.15, -0.1) is 0 Å². The first-order valence-corrected chi connectivity index (χ1v) is 8.16. The predicted octanol–water partition coefficient (Wildman–Crippen LogP) is 3.53. The molecule has 1 aliphatic heterocycles. The van der Waals surface area contributed by atoms with Crippen LogP contribution in [-0.2, 0) is 10.2 Å². The Balaban J connectivity index is 1.69. The number of rotatable bonds is 4. The molecule has 0 aromatic heterocycles. The molecule has 20 heavy (non-hydrogen) atoms. The Kier molecular flexibility index (Phi) is 4.42. The van der Waals surface area contributed by atoms with Crippen molar-refractivity contribution < 1.29 is 4.74 Å². The molecule has 2 aliphatic rings. The van der Waals surface area contributed by atoms with Crippen LogP contribution in [0, 0.1) is 6.92 Å². The highest BCUT2D eigenvalue weighted by molar-refractivity contribution is 5.29. The minimum atomic E-state index is 0.450. The fourth-order valence-electron chi connectivity index (χ4n) is 3.84. The lowest BCUT2D eigenvalue weighted by molar-refractivity contribution is 0.0343. The van der Waals surface area contributed by atoms with E-state index in [1.54, 1.807) is 5.56 Å². The van der Waals surface area contributed by atoms with E-state index in [1.165, 1.54) is 44.2 Å². The third kappa shape index (κ3) is 3.07. The standard InChI is InChI=1S/C18H27NO/c1-16-4-6-17(7-5-16)18(8-2-3-9-18)10-11-19-12-14-20-15-13-19/h4-7H,2-3,8-15H2,1H3. The van der Waals surface area contributed by atoms with Gasteiger partial charge in [0.2, 0.25) is 0 Å². The highest BCUT2D eigenvalue weighted by atomic mass is 16.5. The molecule has 3 rings (SSSR count). The lowest BCUT2D eigenvalue weighted by atomic mass is 9.76. The van der Waals surface area contributed by atoms with Gasteiger partial charge in [0, 0.05) is 13.1 Å². The summed E-state index contributed by atoms with van der Waals surface area (Å²) in [6.45, 7) is 7.47. The average molecular weight is 273 g/mol. The van der Waals surface area contributed by atoms with Crippen molar-refractivity contribution in [3.05, 3.63) is 35.4 Å². The zero-order chi connectivity index (χ0) is 13.8. The van der Waals surface area contributed by atoms with E-state index < -0.39 is 0 Å². The molecular weight excluding hydrogens is 246 g/mol. The van der Waals surface area contributed by atoms with Gasteiger partial charge >= 0.3 is 0 Å². The van der Waals surface area contributed by atoms with E-state index in [1.807, 2.05) is 0 Å². The van der Waals surface area contributed by atoms with Gasteiger partial charge in [0.25, 0.3) is 0 Å². The van der Waals surface area contributed by atoms with E-state index in [0.717, 1.165) is 26.3 Å². The smallest absolute Gasteiger partial charge is 0.0594 e. The van der Waals surface area contributed by atoms with Gasteiger partial charge in [0.05, 0.1) is 13.2 Å². The van der Waals surface area contributed by atoms with Crippen LogP contribution in [0.1, 0.15) is 43.2 Å². The van der Waals surface area contributed by atoms with Crippen molar-refractivity contribution in [1.29, 1.82) is 0 Å². The number of nitrogens with zero attached hydrogens (tertiary/aromatic N) is 1. The molecule has 1 saturated heterocycles. The maximum Gasteiger partial charge on any atom is 0.0594 e. The Morgan fingerprint density at radius 1 is 1.05 bits per heavy atom. The summed E-state index contributed by atoms with van der Waals surface area (Å²) in [7, 11) is 0. The maximum atomic E-state index is 5.45. The first kappa shape index (κ1) is 14.1. The van der Waals surface area contributed by atoms with Gasteiger partial charge in [-0.25, -0.2) is 0 Å². The Labute approximate surface area is 123 Å². The zero-order valence-electron chi connectivity index (χ0n) is 12.7. The van der Waals surface area contributed by atoms with Gasteiger partial charge < -0.3 is 4.74 Å². The molecule has 2 fully saturated rings. The van der Waals surface area contributed by atoms with Crippen molar-refractivity contribution in [2.75, 3.05) is 32.8 Å². The zero-order valence-corrected chi connectivity index (χ0v) is 12.7. The number of benzene rings is 1. The van der Waals surface area contributed by atoms with E-state index in [-0.39, 0.29) is 0 Å². The van der Waals surface area contributed by atoms with Crippen LogP contribution < -0.4 is 0 Å². The molecule has 1 heterocycles. The van der Waals surface area contributed by atoms with Crippen LogP contribution in [0.3, 0.4) is 0 Å². The van der Waals surface area contributed by atoms with Gasteiger partial charge in [-0.3, -0.25) is 4.90 Å². The third-order valence-corrected chi connectivity index (χ3v) is 5.23. The predicted molar refractivity (Wildman–Crippen MR) is 83.2 cm³/mol. The molecule has 1 aromatic carbocycles. The summed E-state index contributed by atoms with van der Waals surface area (Å²) < 4.78 is 5.45. The van der Waals surface area contributed by atoms with Crippen LogP contribution >= 0.6 is 0 Å². The van der Waals surface area contributed by atoms with Crippen LogP contribution in [-0.4, -0.2) is 37.7 Å². The van der Waals surface area contributed by atoms with Crippen LogP contribution in [0.25, 0.3) is 0 Å². The number of hydrogen-bond acceptors (Lipinski definition) is 2. The molecule has 1 aliphatic carbocycles. The number of ether oxygens (including phenoxy) is 1. The van der Waals surface area contributed by atoms with Crippen LogP contribution in [0.5, 0.6) is 0 Å². The second-order valence-electron chi connectivity index (χ2n) is 6.56. The van der Waals surface area contributed by atoms with Crippen LogP contribution in [0.4, 0.5) is 0 Å². The number of aryl methyl sites for hydroxylation is 1. The fourth-order valence-corrected chi connectivity index (χ4v) is 3.84. The number of hydrogen-bond donors (Lipinski definition) is 0. The molecule has 0 atom stereocenters. The topological polar surface area (TPSA) is 12.5 Å². The van der Waals surface area contributed by atoms with E-state index in [4.69, 9.17) is 4.74 Å². The summed E-state index contributed by atoms with van der Waals surface area (Å²) >= 11 is 0. The third-order valence-electron chi connectivity index (χ3n) is 5.23. The summed E-state index contributed by atoms with van der Waals surface area (Å²) in [4.78, 5) is 2.58. The highest BCUT2D eigenvalue weighted by Crippen LogP contribution is 2.44. The second-order valence-corrected chi connectivity index (χ2v) is 6.56. The van der Waals surface area contributed by atoms with Gasteiger partial charge in [-0.2, -0.15) is 0 Å². The number of morpholine rings is 1. The molecule has 0 unspecified atom stereocenters. The Morgan fingerprint density at radius 3 is 2.35 bits per heavy atom. The van der Waals surface area contributed by atoms with Crippen LogP contribution in [0.15, 0.2) is 24.3 Å². The largest absolute Gasteiger partial charge is 0.379 e. The minimum Gasteiger partial charge on any atom is -0.379 e. The van der Waals surface area contributed by atoms with Crippen molar-refractivity contribution in [2.45, 2.75) is 44.4 Å². The van der Waals surface area contributed by atoms with E-state index in [9.17, 15) is 0 Å². The monoisotopic (exact) mass is 273 g/mol. The molecule has 1 aromatic rings. The highest BCUT2D eigenvalue weighted by Gasteiger charge is 2.35. The molecule has 2 heteroatoms. The van der Waals surface area contributed by atoms with Crippen molar-refractivity contribution in [2.24, 2.45) is 0 Å². The normalized spacial score (nSPS) is 23.1. The Morgan fingerprint density at radius 2 is 1.70 bits per heavy atom. The van der Waals surface area contributed by atoms with Crippen molar-refractivity contribution >= 4 is 0 Å². The summed E-state index contributed by atoms with van der Waals surface area (Å²) in [5, 5.41) is 0. The van der Waals surface area contributed by atoms with E-state index >= 15 is 0 Å². The Bertz CT molecular complexity index is 414. The Hall–Kier alpha value is -0.860. The summed E-state index contributed by atoms with van der Waals surface area (Å²) in [5.74, 6) is 0. The van der Waals surface area contributed by atoms with Gasteiger partial charge in [-0.1, -0.05) is 42.7 Å².